The van der Waals surface area contributed by atoms with E-state index in [2.05, 4.69) is 20.4 Å². The number of carbonyl (C=O) groups is 3. The second-order valence-corrected chi connectivity index (χ2v) is 13.9. The Labute approximate surface area is 326 Å². The van der Waals surface area contributed by atoms with E-state index in [-0.39, 0.29) is 59.7 Å². The maximum Gasteiger partial charge on any atom is 2.00 e. The Morgan fingerprint density at radius 2 is 1.74 bits per heavy atom. The van der Waals surface area contributed by atoms with Crippen LogP contribution in [0.2, 0.25) is 0 Å². The van der Waals surface area contributed by atoms with Gasteiger partial charge in [0.2, 0.25) is 0 Å². The van der Waals surface area contributed by atoms with E-state index in [1.165, 1.54) is 12.7 Å². The molecular weight excluding hydrogens is 681 g/mol. The zero-order valence-electron chi connectivity index (χ0n) is 31.7. The van der Waals surface area contributed by atoms with Gasteiger partial charge in [-0.15, -0.1) is 33.1 Å². The van der Waals surface area contributed by atoms with E-state index >= 15 is 0 Å². The fourth-order valence-electron chi connectivity index (χ4n) is 7.98. The van der Waals surface area contributed by atoms with Crippen LogP contribution in [0, 0.1) is 31.6 Å². The molecule has 3 aromatic rings. The molecule has 274 valence electrons. The van der Waals surface area contributed by atoms with Crippen LogP contribution in [0.4, 0.5) is 0 Å². The Hall–Kier alpha value is -4.48. The third-order valence-corrected chi connectivity index (χ3v) is 10.9. The number of hydrogen-bond donors (Lipinski definition) is 1. The van der Waals surface area contributed by atoms with Crippen LogP contribution in [0.5, 0.6) is 0 Å². The number of nitrogens with zero attached hydrogens (tertiary/aromatic N) is 4. The Morgan fingerprint density at radius 1 is 1.00 bits per heavy atom. The van der Waals surface area contributed by atoms with Crippen molar-refractivity contribution in [2.75, 3.05) is 13.7 Å². The normalized spacial score (nSPS) is 22.9. The van der Waals surface area contributed by atoms with Gasteiger partial charge in [0.25, 0.3) is 0 Å². The molecule has 0 spiro atoms. The number of methoxy groups -OCH3 is 1. The number of hydrogen-bond acceptors (Lipinski definition) is 6. The Morgan fingerprint density at radius 3 is 2.40 bits per heavy atom. The van der Waals surface area contributed by atoms with Gasteiger partial charge in [0.05, 0.1) is 13.4 Å². The summed E-state index contributed by atoms with van der Waals surface area (Å²) in [4.78, 5) is 55.6. The van der Waals surface area contributed by atoms with E-state index in [1.54, 1.807) is 6.08 Å². The number of fused-ring (bicyclic) bond motifs is 8. The molecule has 0 aromatic carbocycles. The molecule has 1 saturated heterocycles. The molecule has 10 nitrogen and oxygen atoms in total. The number of ether oxygens (including phenoxy) is 2. The third kappa shape index (κ3) is 7.13. The number of aliphatic hydroxyl groups excluding tert-OH is 1. The molecule has 1 N–H and O–H groups in total. The molecule has 3 aliphatic rings. The number of rotatable bonds is 10. The van der Waals surface area contributed by atoms with Crippen molar-refractivity contribution in [3.05, 3.63) is 95.4 Å². The predicted molar refractivity (Wildman–Crippen MR) is 207 cm³/mol. The molecule has 4 atom stereocenters. The summed E-state index contributed by atoms with van der Waals surface area (Å²) >= 11 is 0. The van der Waals surface area contributed by atoms with Crippen molar-refractivity contribution >= 4 is 76.9 Å². The maximum atomic E-state index is 14.2. The van der Waals surface area contributed by atoms with Crippen LogP contribution in [0.3, 0.4) is 0 Å². The van der Waals surface area contributed by atoms with Gasteiger partial charge < -0.3 is 34.8 Å². The van der Waals surface area contributed by atoms with E-state index < -0.39 is 17.9 Å². The first-order valence-corrected chi connectivity index (χ1v) is 18.0. The summed E-state index contributed by atoms with van der Waals surface area (Å²) in [5.74, 6) is -3.03. The van der Waals surface area contributed by atoms with Crippen LogP contribution < -0.4 is 36.2 Å². The van der Waals surface area contributed by atoms with Crippen molar-refractivity contribution in [1.82, 2.24) is 15.0 Å². The molecule has 3 aromatic heterocycles. The van der Waals surface area contributed by atoms with Crippen molar-refractivity contribution in [3.63, 3.8) is 0 Å². The van der Waals surface area contributed by atoms with Crippen molar-refractivity contribution in [2.24, 2.45) is 17.8 Å². The van der Waals surface area contributed by atoms with E-state index in [9.17, 15) is 19.5 Å². The molecule has 53 heavy (non-hydrogen) atoms. The molecule has 1 aliphatic carbocycles. The molecule has 2 aliphatic heterocycles. The van der Waals surface area contributed by atoms with Gasteiger partial charge in [-0.05, 0) is 68.7 Å². The smallest absolute Gasteiger partial charge is 0.681 e. The first-order valence-electron chi connectivity index (χ1n) is 18.0. The number of carbonyl (C=O) groups excluding carboxylic acids is 3. The third-order valence-electron chi connectivity index (χ3n) is 10.9. The van der Waals surface area contributed by atoms with Gasteiger partial charge >= 0.3 is 35.0 Å². The van der Waals surface area contributed by atoms with Gasteiger partial charge in [-0.3, -0.25) is 14.4 Å². The zero-order valence-corrected chi connectivity index (χ0v) is 33.1. The van der Waals surface area contributed by atoms with Gasteiger partial charge in [-0.1, -0.05) is 92.0 Å². The summed E-state index contributed by atoms with van der Waals surface area (Å²) in [6.45, 7) is 16.2. The zero-order chi connectivity index (χ0) is 37.4. The molecule has 1 unspecified atom stereocenters. The fraction of sp³-hybridized carbons (Fsp3) is 0.405. The van der Waals surface area contributed by atoms with Crippen LogP contribution >= 0.6 is 0 Å². The molecular formula is C42H46MgN4O6-2. The summed E-state index contributed by atoms with van der Waals surface area (Å²) in [6, 6.07) is -0.643. The Bertz CT molecular complexity index is 2280. The molecule has 1 fully saturated rings. The van der Waals surface area contributed by atoms with Crippen LogP contribution in [0.15, 0.2) is 23.9 Å². The van der Waals surface area contributed by atoms with Gasteiger partial charge in [-0.25, -0.2) is 0 Å². The largest absolute Gasteiger partial charge is 2.00 e. The molecule has 8 bridgehead atoms. The number of aliphatic hydroxyl groups is 1. The molecule has 0 saturated carbocycles. The number of Topliss-reactive ketones (excluding diaryl/α,β-unsaturated/α-hetero) is 1. The topological polar surface area (TPSA) is 146 Å². The van der Waals surface area contributed by atoms with E-state index in [1.807, 2.05) is 52.0 Å². The van der Waals surface area contributed by atoms with Gasteiger partial charge in [0, 0.05) is 12.0 Å². The quantitative estimate of drug-likeness (QED) is 0.144. The summed E-state index contributed by atoms with van der Waals surface area (Å²) < 4.78 is 10.8. The molecule has 11 heteroatoms. The van der Waals surface area contributed by atoms with Crippen LogP contribution in [0.25, 0.3) is 41.5 Å². The second kappa shape index (κ2) is 16.3. The fourth-order valence-corrected chi connectivity index (χ4v) is 7.98. The average Bonchev–Trinajstić information content (AvgIpc) is 3.87. The minimum absolute atomic E-state index is 0. The van der Waals surface area contributed by atoms with E-state index in [0.29, 0.717) is 67.9 Å². The van der Waals surface area contributed by atoms with Crippen molar-refractivity contribution in [1.29, 1.82) is 0 Å². The van der Waals surface area contributed by atoms with Crippen LogP contribution in [0.1, 0.15) is 103 Å². The molecule has 6 rings (SSSR count). The minimum Gasteiger partial charge on any atom is -0.681 e. The van der Waals surface area contributed by atoms with E-state index in [0.717, 1.165) is 41.5 Å². The van der Waals surface area contributed by atoms with Crippen molar-refractivity contribution in [2.45, 2.75) is 79.7 Å². The van der Waals surface area contributed by atoms with Crippen molar-refractivity contribution < 1.29 is 29.0 Å². The van der Waals surface area contributed by atoms with Gasteiger partial charge in [0.1, 0.15) is 12.5 Å². The summed E-state index contributed by atoms with van der Waals surface area (Å²) in [5.41, 5.74) is 7.89. The number of esters is 2. The summed E-state index contributed by atoms with van der Waals surface area (Å²) in [7, 11) is 1.27. The average molecular weight is 727 g/mol. The number of allylic oxidation sites excluding steroid dienone is 2. The predicted octanol–water partition coefficient (Wildman–Crippen LogP) is 3.52. The molecule has 5 heterocycles. The second-order valence-electron chi connectivity index (χ2n) is 13.9. The number of ketones is 1. The van der Waals surface area contributed by atoms with Crippen LogP contribution in [-0.4, -0.2) is 65.6 Å². The SMILES string of the molecule is C=Cc1c2[n-]c(c1C)/C=C1\[N-]C(C3=c4[n-]/c(c(C)c4C(=O)[C@@H]3C(=O)OC)=C\c3[n-]c(/c(=C\O)c3CC)=C\2)[C@@H](CCC(=O)OC/C=C(\C)CCC)[C@@H]1C.[Mg+2]. The van der Waals surface area contributed by atoms with E-state index in [4.69, 9.17) is 29.7 Å². The molecule has 0 radical (unpaired) electrons. The Balaban J connectivity index is 0.00000541. The van der Waals surface area contributed by atoms with Gasteiger partial charge in [0.15, 0.2) is 5.78 Å². The minimum atomic E-state index is -1.21. The summed E-state index contributed by atoms with van der Waals surface area (Å²) in [5, 5.41) is 17.7. The summed E-state index contributed by atoms with van der Waals surface area (Å²) in [6.07, 6.45) is 13.5. The van der Waals surface area contributed by atoms with Gasteiger partial charge in [-0.2, -0.15) is 5.70 Å². The Kier molecular flexibility index (Phi) is 12.2. The van der Waals surface area contributed by atoms with Crippen LogP contribution in [-0.2, 0) is 25.5 Å². The maximum absolute atomic E-state index is 14.2. The monoisotopic (exact) mass is 726 g/mol. The molecule has 0 amide bonds. The standard InChI is InChI=1S/C42H46N4O6.Mg/c1-9-12-21(4)15-16-52-35(48)14-13-27-23(6)30-17-29-22(5)25(10-2)32(43-29)19-34-28(20-47)26(11-3)33(44-34)18-31-24(7)36-40(46-31)37(39(27)45-30)38(41(36)49)42(50)51-8;/h10,15,17-20,23,27,38-39H,2,9,11-14,16H2,1,3-8H3,(H,47,49);/q-4;+2/b21-15+,30-17-,34-19-;/t23-,27-,38+,39?;/m0./s1. The number of aromatic nitrogens is 3. The van der Waals surface area contributed by atoms with Crippen molar-refractivity contribution in [3.8, 4) is 0 Å². The first kappa shape index (κ1) is 39.7. The first-order chi connectivity index (χ1) is 25.0.